The molecule has 0 fully saturated rings. The summed E-state index contributed by atoms with van der Waals surface area (Å²) in [6, 6.07) is 5.17. The molecule has 6 nitrogen and oxygen atoms in total. The largest absolute Gasteiger partial charge is 0.481 e. The summed E-state index contributed by atoms with van der Waals surface area (Å²) >= 11 is 3.22. The predicted octanol–water partition coefficient (Wildman–Crippen LogP) is 2.79. The molecule has 0 aliphatic rings. The molecule has 1 unspecified atom stereocenters. The van der Waals surface area contributed by atoms with Gasteiger partial charge in [0.2, 0.25) is 0 Å². The average Bonchev–Trinajstić information content (AvgIpc) is 2.28. The van der Waals surface area contributed by atoms with Gasteiger partial charge in [-0.2, -0.15) is 0 Å². The van der Waals surface area contributed by atoms with Crippen molar-refractivity contribution in [3.63, 3.8) is 0 Å². The molecule has 0 saturated heterocycles. The lowest BCUT2D eigenvalue weighted by Gasteiger charge is -2.07. The molecule has 0 aromatic heterocycles. The molecule has 1 rings (SSSR count). The van der Waals surface area contributed by atoms with Crippen LogP contribution in [0.3, 0.4) is 0 Å². The zero-order valence-corrected chi connectivity index (χ0v) is 10.2. The number of benzene rings is 1. The normalized spacial score (nSPS) is 11.4. The van der Waals surface area contributed by atoms with Gasteiger partial charge < -0.3 is 5.11 Å². The summed E-state index contributed by atoms with van der Waals surface area (Å²) < 4.78 is 0.799. The molecule has 0 heterocycles. The van der Waals surface area contributed by atoms with Crippen molar-refractivity contribution in [2.45, 2.75) is 12.5 Å². The third-order valence-corrected chi connectivity index (χ3v) is 2.52. The summed E-state index contributed by atoms with van der Waals surface area (Å²) in [5, 5.41) is 11.8. The van der Waals surface area contributed by atoms with Gasteiger partial charge in [0.1, 0.15) is 6.04 Å². The second-order valence-corrected chi connectivity index (χ2v) is 4.11. The molecule has 7 heteroatoms. The van der Waals surface area contributed by atoms with Gasteiger partial charge in [-0.15, -0.1) is 0 Å². The first-order valence-corrected chi connectivity index (χ1v) is 5.39. The number of aliphatic carboxylic acids is 1. The SMILES string of the molecule is [N-]=[N+]=NC(CC(=O)O)C(=O)c1ccc(Br)cc1. The Morgan fingerprint density at radius 2 is 2.00 bits per heavy atom. The smallest absolute Gasteiger partial charge is 0.304 e. The van der Waals surface area contributed by atoms with Gasteiger partial charge in [0.05, 0.1) is 6.42 Å². The van der Waals surface area contributed by atoms with Crippen molar-refractivity contribution < 1.29 is 14.7 Å². The number of hydrogen-bond acceptors (Lipinski definition) is 3. The molecule has 0 radical (unpaired) electrons. The molecule has 0 amide bonds. The van der Waals surface area contributed by atoms with E-state index in [1.165, 1.54) is 12.1 Å². The van der Waals surface area contributed by atoms with E-state index in [1.54, 1.807) is 12.1 Å². The highest BCUT2D eigenvalue weighted by molar-refractivity contribution is 9.10. The quantitative estimate of drug-likeness (QED) is 0.391. The molecule has 0 spiro atoms. The number of azide groups is 1. The van der Waals surface area contributed by atoms with Crippen LogP contribution < -0.4 is 0 Å². The van der Waals surface area contributed by atoms with Gasteiger partial charge in [-0.25, -0.2) is 0 Å². The first kappa shape index (κ1) is 13.2. The average molecular weight is 298 g/mol. The van der Waals surface area contributed by atoms with E-state index in [0.29, 0.717) is 5.56 Å². The monoisotopic (exact) mass is 297 g/mol. The molecule has 1 aromatic carbocycles. The van der Waals surface area contributed by atoms with Crippen LogP contribution in [0.15, 0.2) is 33.9 Å². The number of ketones is 1. The van der Waals surface area contributed by atoms with Crippen LogP contribution in [0.1, 0.15) is 16.8 Å². The number of carboxylic acids is 1. The topological polar surface area (TPSA) is 103 Å². The van der Waals surface area contributed by atoms with Crippen LogP contribution >= 0.6 is 15.9 Å². The summed E-state index contributed by atoms with van der Waals surface area (Å²) in [5.41, 5.74) is 8.61. The molecule has 0 saturated carbocycles. The molecule has 17 heavy (non-hydrogen) atoms. The third kappa shape index (κ3) is 3.90. The third-order valence-electron chi connectivity index (χ3n) is 1.99. The van der Waals surface area contributed by atoms with Crippen molar-refractivity contribution in [3.8, 4) is 0 Å². The minimum absolute atomic E-state index is 0.312. The van der Waals surface area contributed by atoms with Crippen LogP contribution in [0.4, 0.5) is 0 Å². The Morgan fingerprint density at radius 3 is 2.47 bits per heavy atom. The van der Waals surface area contributed by atoms with E-state index >= 15 is 0 Å². The van der Waals surface area contributed by atoms with Crippen molar-refractivity contribution in [3.05, 3.63) is 44.7 Å². The van der Waals surface area contributed by atoms with Gasteiger partial charge in [0.15, 0.2) is 5.78 Å². The lowest BCUT2D eigenvalue weighted by Crippen LogP contribution is -2.21. The van der Waals surface area contributed by atoms with Gasteiger partial charge >= 0.3 is 5.97 Å². The number of halogens is 1. The van der Waals surface area contributed by atoms with Crippen molar-refractivity contribution >= 4 is 27.7 Å². The van der Waals surface area contributed by atoms with E-state index in [2.05, 4.69) is 26.0 Å². The maximum Gasteiger partial charge on any atom is 0.304 e. The van der Waals surface area contributed by atoms with Crippen LogP contribution in [0.5, 0.6) is 0 Å². The van der Waals surface area contributed by atoms with E-state index in [0.717, 1.165) is 4.47 Å². The van der Waals surface area contributed by atoms with Gasteiger partial charge in [-0.3, -0.25) is 9.59 Å². The molecular weight excluding hydrogens is 290 g/mol. The number of rotatable bonds is 5. The Labute approximate surface area is 105 Å². The van der Waals surface area contributed by atoms with Crippen molar-refractivity contribution in [2.24, 2.45) is 5.11 Å². The van der Waals surface area contributed by atoms with Crippen LogP contribution in [-0.2, 0) is 4.79 Å². The first-order chi connectivity index (χ1) is 8.04. The Kier molecular flexibility index (Phi) is 4.68. The second kappa shape index (κ2) is 6.03. The van der Waals surface area contributed by atoms with Crippen molar-refractivity contribution in [2.75, 3.05) is 0 Å². The lowest BCUT2D eigenvalue weighted by molar-refractivity contribution is -0.137. The summed E-state index contributed by atoms with van der Waals surface area (Å²) in [4.78, 5) is 24.9. The highest BCUT2D eigenvalue weighted by atomic mass is 79.9. The Balaban J connectivity index is 2.95. The van der Waals surface area contributed by atoms with Crippen LogP contribution in [0.2, 0.25) is 0 Å². The van der Waals surface area contributed by atoms with Gasteiger partial charge in [0, 0.05) is 14.9 Å². The zero-order valence-electron chi connectivity index (χ0n) is 8.58. The Morgan fingerprint density at radius 1 is 1.41 bits per heavy atom. The number of carboxylic acid groups (broad SMARTS) is 1. The van der Waals surface area contributed by atoms with Gasteiger partial charge in [-0.05, 0) is 17.7 Å². The van der Waals surface area contributed by atoms with Crippen LogP contribution in [0, 0.1) is 0 Å². The number of hydrogen-bond donors (Lipinski definition) is 1. The second-order valence-electron chi connectivity index (χ2n) is 3.19. The summed E-state index contributed by atoms with van der Waals surface area (Å²) in [5.74, 6) is -1.69. The van der Waals surface area contributed by atoms with E-state index in [-0.39, 0.29) is 0 Å². The number of Topliss-reactive ketones (excluding diaryl/α,β-unsaturated/α-hetero) is 1. The van der Waals surface area contributed by atoms with E-state index in [4.69, 9.17) is 10.6 Å². The molecule has 0 aliphatic carbocycles. The highest BCUT2D eigenvalue weighted by Crippen LogP contribution is 2.14. The number of carbonyl (C=O) groups is 2. The molecular formula is C10H8BrN3O3. The summed E-state index contributed by atoms with van der Waals surface area (Å²) in [6.07, 6.45) is -0.515. The fourth-order valence-electron chi connectivity index (χ4n) is 1.22. The predicted molar refractivity (Wildman–Crippen MR) is 63.7 cm³/mol. The molecule has 0 aliphatic heterocycles. The Hall–Kier alpha value is -1.85. The molecule has 0 bridgehead atoms. The lowest BCUT2D eigenvalue weighted by atomic mass is 10.0. The first-order valence-electron chi connectivity index (χ1n) is 4.60. The standard InChI is InChI=1S/C10H8BrN3O3/c11-7-3-1-6(2-4-7)10(17)8(13-14-12)5-9(15)16/h1-4,8H,5H2,(H,15,16). The summed E-state index contributed by atoms with van der Waals surface area (Å²) in [7, 11) is 0. The van der Waals surface area contributed by atoms with E-state index < -0.39 is 24.2 Å². The minimum atomic E-state index is -1.21. The zero-order chi connectivity index (χ0) is 12.8. The van der Waals surface area contributed by atoms with Gasteiger partial charge in [-0.1, -0.05) is 33.2 Å². The molecule has 1 atom stereocenters. The minimum Gasteiger partial charge on any atom is -0.481 e. The van der Waals surface area contributed by atoms with Crippen LogP contribution in [-0.4, -0.2) is 22.9 Å². The fourth-order valence-corrected chi connectivity index (χ4v) is 1.48. The number of carbonyl (C=O) groups excluding carboxylic acids is 1. The summed E-state index contributed by atoms with van der Waals surface area (Å²) in [6.45, 7) is 0. The van der Waals surface area contributed by atoms with E-state index in [9.17, 15) is 9.59 Å². The maximum absolute atomic E-state index is 11.8. The van der Waals surface area contributed by atoms with Crippen molar-refractivity contribution in [1.82, 2.24) is 0 Å². The van der Waals surface area contributed by atoms with Crippen LogP contribution in [0.25, 0.3) is 10.4 Å². The van der Waals surface area contributed by atoms with Gasteiger partial charge in [0.25, 0.3) is 0 Å². The maximum atomic E-state index is 11.8. The fraction of sp³-hybridized carbons (Fsp3) is 0.200. The van der Waals surface area contributed by atoms with E-state index in [1.807, 2.05) is 0 Å². The number of nitrogens with zero attached hydrogens (tertiary/aromatic N) is 3. The Bertz CT molecular complexity index is 480. The van der Waals surface area contributed by atoms with Crippen molar-refractivity contribution in [1.29, 1.82) is 0 Å². The molecule has 1 N–H and O–H groups in total. The highest BCUT2D eigenvalue weighted by Gasteiger charge is 2.21. The molecule has 1 aromatic rings. The molecule has 88 valence electrons.